The topological polar surface area (TPSA) is 84.4 Å². The molecule has 0 aliphatic rings. The molecular formula is C26H23BrN4O4S2. The van der Waals surface area contributed by atoms with Gasteiger partial charge in [-0.15, -0.1) is 21.5 Å². The summed E-state index contributed by atoms with van der Waals surface area (Å²) in [4.78, 5) is 4.83. The van der Waals surface area contributed by atoms with Gasteiger partial charge in [-0.25, -0.2) is 4.98 Å². The highest BCUT2D eigenvalue weighted by Gasteiger charge is 2.17. The molecule has 5 rings (SSSR count). The maximum atomic E-state index is 5.97. The first kappa shape index (κ1) is 25.4. The standard InChI is InChI=1S/C26H23BrN4O4S2/c1-32-19-6-8-20(9-7-19)35-14-24-29-30-26(31(24)13-21-4-3-11-34-21)37-16-18-15-36-25(28-18)22-12-17(27)5-10-23(22)33-2/h3-12,15H,13-14,16H2,1-2H3. The summed E-state index contributed by atoms with van der Waals surface area (Å²) in [6.45, 7) is 0.769. The van der Waals surface area contributed by atoms with Gasteiger partial charge in [-0.05, 0) is 54.6 Å². The molecule has 0 fully saturated rings. The summed E-state index contributed by atoms with van der Waals surface area (Å²) in [7, 11) is 3.30. The van der Waals surface area contributed by atoms with Gasteiger partial charge in [-0.2, -0.15) is 0 Å². The molecule has 0 unspecified atom stereocenters. The second kappa shape index (κ2) is 11.8. The van der Waals surface area contributed by atoms with E-state index in [2.05, 4.69) is 31.5 Å². The molecule has 0 saturated carbocycles. The highest BCUT2D eigenvalue weighted by atomic mass is 79.9. The minimum Gasteiger partial charge on any atom is -0.497 e. The van der Waals surface area contributed by atoms with Crippen molar-refractivity contribution in [2.75, 3.05) is 14.2 Å². The van der Waals surface area contributed by atoms with Crippen LogP contribution in [-0.2, 0) is 18.9 Å². The highest BCUT2D eigenvalue weighted by Crippen LogP contribution is 2.35. The number of halogens is 1. The number of benzene rings is 2. The van der Waals surface area contributed by atoms with Crippen LogP contribution in [0.3, 0.4) is 0 Å². The van der Waals surface area contributed by atoms with Gasteiger partial charge >= 0.3 is 0 Å². The number of ether oxygens (including phenoxy) is 3. The first-order valence-corrected chi connectivity index (χ1v) is 13.9. The predicted molar refractivity (Wildman–Crippen MR) is 147 cm³/mol. The van der Waals surface area contributed by atoms with Crippen LogP contribution in [0.2, 0.25) is 0 Å². The van der Waals surface area contributed by atoms with Crippen LogP contribution in [0.15, 0.2) is 80.3 Å². The summed E-state index contributed by atoms with van der Waals surface area (Å²) in [6.07, 6.45) is 1.66. The average Bonchev–Trinajstić information content (AvgIpc) is 3.69. The van der Waals surface area contributed by atoms with Gasteiger partial charge in [0, 0.05) is 15.6 Å². The van der Waals surface area contributed by atoms with Crippen molar-refractivity contribution in [3.05, 3.63) is 88.0 Å². The van der Waals surface area contributed by atoms with Crippen molar-refractivity contribution in [2.45, 2.75) is 24.1 Å². The number of hydrogen-bond donors (Lipinski definition) is 0. The molecule has 0 spiro atoms. The molecule has 5 aromatic rings. The third-order valence-corrected chi connectivity index (χ3v) is 7.83. The fourth-order valence-corrected chi connectivity index (χ4v) is 5.71. The smallest absolute Gasteiger partial charge is 0.192 e. The minimum atomic E-state index is 0.268. The van der Waals surface area contributed by atoms with Crippen molar-refractivity contribution in [2.24, 2.45) is 0 Å². The molecule has 37 heavy (non-hydrogen) atoms. The number of rotatable bonds is 11. The largest absolute Gasteiger partial charge is 0.497 e. The number of furan rings is 1. The Labute approximate surface area is 230 Å². The quantitative estimate of drug-likeness (QED) is 0.155. The van der Waals surface area contributed by atoms with Crippen LogP contribution in [0.25, 0.3) is 10.6 Å². The van der Waals surface area contributed by atoms with Crippen molar-refractivity contribution in [1.29, 1.82) is 0 Å². The van der Waals surface area contributed by atoms with Gasteiger partial charge in [0.25, 0.3) is 0 Å². The lowest BCUT2D eigenvalue weighted by atomic mass is 10.2. The van der Waals surface area contributed by atoms with Gasteiger partial charge < -0.3 is 18.6 Å². The number of hydrogen-bond acceptors (Lipinski definition) is 9. The molecule has 3 aromatic heterocycles. The molecule has 11 heteroatoms. The third kappa shape index (κ3) is 6.17. The molecule has 0 radical (unpaired) electrons. The zero-order chi connectivity index (χ0) is 25.6. The maximum absolute atomic E-state index is 5.97. The monoisotopic (exact) mass is 598 g/mol. The molecule has 3 heterocycles. The molecule has 190 valence electrons. The van der Waals surface area contributed by atoms with Crippen LogP contribution in [0.4, 0.5) is 0 Å². The second-order valence-electron chi connectivity index (χ2n) is 7.81. The van der Waals surface area contributed by atoms with Crippen molar-refractivity contribution in [3.8, 4) is 27.8 Å². The Kier molecular flexibility index (Phi) is 8.12. The van der Waals surface area contributed by atoms with Crippen molar-refractivity contribution in [3.63, 3.8) is 0 Å². The van der Waals surface area contributed by atoms with Crippen molar-refractivity contribution >= 4 is 39.0 Å². The van der Waals surface area contributed by atoms with Gasteiger partial charge in [0.1, 0.15) is 34.6 Å². The molecule has 8 nitrogen and oxygen atoms in total. The first-order chi connectivity index (χ1) is 18.1. The molecule has 2 aromatic carbocycles. The third-order valence-electron chi connectivity index (χ3n) is 5.41. The van der Waals surface area contributed by atoms with E-state index in [-0.39, 0.29) is 6.61 Å². The summed E-state index contributed by atoms with van der Waals surface area (Å²) in [5.41, 5.74) is 1.91. The summed E-state index contributed by atoms with van der Waals surface area (Å²) < 4.78 is 25.3. The summed E-state index contributed by atoms with van der Waals surface area (Å²) in [5.74, 6) is 4.44. The predicted octanol–water partition coefficient (Wildman–Crippen LogP) is 6.69. The van der Waals surface area contributed by atoms with Crippen LogP contribution in [0.1, 0.15) is 17.3 Å². The molecular weight excluding hydrogens is 576 g/mol. The number of aromatic nitrogens is 4. The molecule has 0 saturated heterocycles. The molecule has 0 aliphatic heterocycles. The fourth-order valence-electron chi connectivity index (χ4n) is 3.55. The zero-order valence-electron chi connectivity index (χ0n) is 20.1. The van der Waals surface area contributed by atoms with Crippen molar-refractivity contribution < 1.29 is 18.6 Å². The average molecular weight is 600 g/mol. The van der Waals surface area contributed by atoms with Crippen LogP contribution < -0.4 is 14.2 Å². The lowest BCUT2D eigenvalue weighted by Crippen LogP contribution is -2.09. The van der Waals surface area contributed by atoms with Gasteiger partial charge in [0.15, 0.2) is 11.0 Å². The molecule has 0 aliphatic carbocycles. The van der Waals surface area contributed by atoms with E-state index in [0.717, 1.165) is 48.9 Å². The Morgan fingerprint density at radius 2 is 1.86 bits per heavy atom. The Morgan fingerprint density at radius 1 is 1.03 bits per heavy atom. The Bertz CT molecular complexity index is 1450. The minimum absolute atomic E-state index is 0.268. The van der Waals surface area contributed by atoms with Crippen LogP contribution >= 0.6 is 39.0 Å². The molecule has 0 N–H and O–H groups in total. The van der Waals surface area contributed by atoms with E-state index < -0.39 is 0 Å². The number of thiazole rings is 1. The van der Waals surface area contributed by atoms with Crippen LogP contribution in [0.5, 0.6) is 17.2 Å². The normalized spacial score (nSPS) is 11.0. The van der Waals surface area contributed by atoms with Crippen LogP contribution in [0, 0.1) is 0 Å². The first-order valence-electron chi connectivity index (χ1n) is 11.3. The van der Waals surface area contributed by atoms with E-state index in [1.807, 2.05) is 59.2 Å². The fraction of sp³-hybridized carbons (Fsp3) is 0.192. The summed E-state index contributed by atoms with van der Waals surface area (Å²) in [5, 5.41) is 12.6. The van der Waals surface area contributed by atoms with Gasteiger partial charge in [0.2, 0.25) is 0 Å². The van der Waals surface area contributed by atoms with Gasteiger partial charge in [-0.3, -0.25) is 4.57 Å². The Morgan fingerprint density at radius 3 is 2.62 bits per heavy atom. The SMILES string of the molecule is COc1ccc(OCc2nnc(SCc3csc(-c4cc(Br)ccc4OC)n3)n2Cc2ccco2)cc1. The molecule has 0 amide bonds. The van der Waals surface area contributed by atoms with Gasteiger partial charge in [0.05, 0.1) is 38.3 Å². The zero-order valence-corrected chi connectivity index (χ0v) is 23.3. The van der Waals surface area contributed by atoms with E-state index in [9.17, 15) is 0 Å². The summed E-state index contributed by atoms with van der Waals surface area (Å²) >= 11 is 6.69. The number of nitrogens with zero attached hydrogens (tertiary/aromatic N) is 4. The lowest BCUT2D eigenvalue weighted by Gasteiger charge is -2.10. The second-order valence-corrected chi connectivity index (χ2v) is 10.5. The Hall–Kier alpha value is -3.28. The van der Waals surface area contributed by atoms with E-state index in [1.54, 1.807) is 43.6 Å². The van der Waals surface area contributed by atoms with Crippen molar-refractivity contribution in [1.82, 2.24) is 19.7 Å². The van der Waals surface area contributed by atoms with E-state index in [0.29, 0.717) is 18.1 Å². The van der Waals surface area contributed by atoms with E-state index in [4.69, 9.17) is 23.6 Å². The maximum Gasteiger partial charge on any atom is 0.192 e. The summed E-state index contributed by atoms with van der Waals surface area (Å²) in [6, 6.07) is 17.1. The number of thioether (sulfide) groups is 1. The van der Waals surface area contributed by atoms with Gasteiger partial charge in [-0.1, -0.05) is 27.7 Å². The molecule has 0 bridgehead atoms. The Balaban J connectivity index is 1.31. The number of methoxy groups -OCH3 is 2. The molecule has 0 atom stereocenters. The van der Waals surface area contributed by atoms with Crippen LogP contribution in [-0.4, -0.2) is 34.0 Å². The highest BCUT2D eigenvalue weighted by molar-refractivity contribution is 9.10. The van der Waals surface area contributed by atoms with E-state index >= 15 is 0 Å². The van der Waals surface area contributed by atoms with E-state index in [1.165, 1.54) is 0 Å². The lowest BCUT2D eigenvalue weighted by molar-refractivity contribution is 0.287.